The van der Waals surface area contributed by atoms with Gasteiger partial charge in [0, 0.05) is 36.6 Å². The van der Waals surface area contributed by atoms with Gasteiger partial charge in [0.15, 0.2) is 0 Å². The Morgan fingerprint density at radius 1 is 1.07 bits per heavy atom. The standard InChI is InChI=1S/C23H26F2N2/c1-4-26-14-19-21(13-16(26)3)27(12-11-17-6-8-18(24)9-7-17)23-20(25)10-5-15(2)22(19)23/h5-10,16H,4,11-14H2,1-3H3. The highest BCUT2D eigenvalue weighted by Gasteiger charge is 2.29. The predicted molar refractivity (Wildman–Crippen MR) is 106 cm³/mol. The number of nitrogens with zero attached hydrogens (tertiary/aromatic N) is 2. The van der Waals surface area contributed by atoms with Crippen molar-refractivity contribution in [2.75, 3.05) is 6.54 Å². The summed E-state index contributed by atoms with van der Waals surface area (Å²) < 4.78 is 30.2. The summed E-state index contributed by atoms with van der Waals surface area (Å²) in [5.41, 5.74) is 5.47. The first-order valence-electron chi connectivity index (χ1n) is 9.77. The molecule has 0 aliphatic carbocycles. The van der Waals surface area contributed by atoms with E-state index in [9.17, 15) is 8.78 Å². The van der Waals surface area contributed by atoms with Crippen molar-refractivity contribution in [1.29, 1.82) is 0 Å². The van der Waals surface area contributed by atoms with Crippen molar-refractivity contribution < 1.29 is 8.78 Å². The Labute approximate surface area is 159 Å². The second-order valence-electron chi connectivity index (χ2n) is 7.66. The van der Waals surface area contributed by atoms with E-state index in [-0.39, 0.29) is 11.6 Å². The zero-order valence-electron chi connectivity index (χ0n) is 16.2. The Morgan fingerprint density at radius 3 is 2.52 bits per heavy atom. The van der Waals surface area contributed by atoms with Crippen LogP contribution in [0.1, 0.15) is 36.2 Å². The van der Waals surface area contributed by atoms with E-state index in [1.165, 1.54) is 23.4 Å². The van der Waals surface area contributed by atoms with Crippen LogP contribution in [0.3, 0.4) is 0 Å². The Hall–Kier alpha value is -2.20. The lowest BCUT2D eigenvalue weighted by atomic mass is 9.97. The number of benzene rings is 2. The molecule has 1 aliphatic heterocycles. The summed E-state index contributed by atoms with van der Waals surface area (Å²) in [4.78, 5) is 2.45. The molecule has 1 atom stereocenters. The van der Waals surface area contributed by atoms with Gasteiger partial charge in [-0.2, -0.15) is 0 Å². The summed E-state index contributed by atoms with van der Waals surface area (Å²) in [5.74, 6) is -0.377. The number of rotatable bonds is 4. The lowest BCUT2D eigenvalue weighted by Crippen LogP contribution is -2.38. The lowest BCUT2D eigenvalue weighted by molar-refractivity contribution is 0.192. The first-order valence-corrected chi connectivity index (χ1v) is 9.77. The van der Waals surface area contributed by atoms with Crippen LogP contribution < -0.4 is 0 Å². The normalized spacial score (nSPS) is 17.4. The van der Waals surface area contributed by atoms with Crippen LogP contribution in [0.15, 0.2) is 36.4 Å². The molecule has 4 rings (SSSR count). The van der Waals surface area contributed by atoms with Crippen molar-refractivity contribution in [1.82, 2.24) is 9.47 Å². The van der Waals surface area contributed by atoms with Gasteiger partial charge in [-0.05, 0) is 61.7 Å². The Morgan fingerprint density at radius 2 is 1.81 bits per heavy atom. The summed E-state index contributed by atoms with van der Waals surface area (Å²) in [6, 6.07) is 10.5. The fourth-order valence-corrected chi connectivity index (χ4v) is 4.49. The first-order chi connectivity index (χ1) is 13.0. The van der Waals surface area contributed by atoms with Gasteiger partial charge in [-0.3, -0.25) is 4.90 Å². The first kappa shape index (κ1) is 18.2. The highest BCUT2D eigenvalue weighted by molar-refractivity contribution is 5.89. The molecule has 0 bridgehead atoms. The van der Waals surface area contributed by atoms with Crippen molar-refractivity contribution >= 4 is 10.9 Å². The fourth-order valence-electron chi connectivity index (χ4n) is 4.49. The summed E-state index contributed by atoms with van der Waals surface area (Å²) in [6.45, 7) is 9.08. The zero-order chi connectivity index (χ0) is 19.1. The second kappa shape index (κ2) is 7.08. The van der Waals surface area contributed by atoms with Crippen LogP contribution in [0.5, 0.6) is 0 Å². The van der Waals surface area contributed by atoms with Gasteiger partial charge in [-0.15, -0.1) is 0 Å². The summed E-state index contributed by atoms with van der Waals surface area (Å²) in [6.07, 6.45) is 1.69. The number of halogens is 2. The third-order valence-electron chi connectivity index (χ3n) is 6.00. The molecule has 0 radical (unpaired) electrons. The van der Waals surface area contributed by atoms with Crippen molar-refractivity contribution in [3.63, 3.8) is 0 Å². The molecule has 0 saturated carbocycles. The molecular formula is C23H26F2N2. The van der Waals surface area contributed by atoms with E-state index in [1.54, 1.807) is 6.07 Å². The van der Waals surface area contributed by atoms with E-state index in [1.807, 2.05) is 18.2 Å². The molecule has 2 heterocycles. The average Bonchev–Trinajstić information content (AvgIpc) is 2.98. The van der Waals surface area contributed by atoms with E-state index in [0.29, 0.717) is 12.6 Å². The zero-order valence-corrected chi connectivity index (χ0v) is 16.2. The Kier molecular flexibility index (Phi) is 4.77. The van der Waals surface area contributed by atoms with Crippen LogP contribution in [0.4, 0.5) is 8.78 Å². The van der Waals surface area contributed by atoms with E-state index in [4.69, 9.17) is 0 Å². The third kappa shape index (κ3) is 3.16. The quantitative estimate of drug-likeness (QED) is 0.612. The SMILES string of the molecule is CCN1Cc2c(n(CCc3ccc(F)cc3)c3c(F)ccc(C)c23)CC1C. The molecular weight excluding hydrogens is 342 g/mol. The van der Waals surface area contributed by atoms with E-state index >= 15 is 0 Å². The van der Waals surface area contributed by atoms with Gasteiger partial charge in [0.1, 0.15) is 11.6 Å². The Balaban J connectivity index is 1.81. The van der Waals surface area contributed by atoms with Crippen molar-refractivity contribution in [2.45, 2.75) is 52.7 Å². The van der Waals surface area contributed by atoms with Crippen LogP contribution in [0.2, 0.25) is 0 Å². The van der Waals surface area contributed by atoms with E-state index in [2.05, 4.69) is 30.2 Å². The fraction of sp³-hybridized carbons (Fsp3) is 0.391. The van der Waals surface area contributed by atoms with Crippen LogP contribution in [0, 0.1) is 18.6 Å². The van der Waals surface area contributed by atoms with Gasteiger partial charge in [-0.25, -0.2) is 8.78 Å². The molecule has 142 valence electrons. The van der Waals surface area contributed by atoms with Gasteiger partial charge in [-0.1, -0.05) is 25.1 Å². The van der Waals surface area contributed by atoms with Crippen molar-refractivity contribution in [3.05, 3.63) is 70.4 Å². The van der Waals surface area contributed by atoms with E-state index < -0.39 is 0 Å². The minimum Gasteiger partial charge on any atom is -0.341 e. The van der Waals surface area contributed by atoms with Gasteiger partial charge >= 0.3 is 0 Å². The molecule has 2 nitrogen and oxygen atoms in total. The number of hydrogen-bond acceptors (Lipinski definition) is 1. The smallest absolute Gasteiger partial charge is 0.147 e. The average molecular weight is 368 g/mol. The molecule has 1 aliphatic rings. The van der Waals surface area contributed by atoms with Crippen LogP contribution >= 0.6 is 0 Å². The largest absolute Gasteiger partial charge is 0.341 e. The van der Waals surface area contributed by atoms with Crippen LogP contribution in [0.25, 0.3) is 10.9 Å². The molecule has 27 heavy (non-hydrogen) atoms. The van der Waals surface area contributed by atoms with Gasteiger partial charge < -0.3 is 4.57 Å². The highest BCUT2D eigenvalue weighted by atomic mass is 19.1. The summed E-state index contributed by atoms with van der Waals surface area (Å²) >= 11 is 0. The number of aryl methyl sites for hydroxylation is 3. The molecule has 0 saturated heterocycles. The van der Waals surface area contributed by atoms with E-state index in [0.717, 1.165) is 48.0 Å². The molecule has 1 unspecified atom stereocenters. The highest BCUT2D eigenvalue weighted by Crippen LogP contribution is 2.36. The Bertz CT molecular complexity index is 972. The van der Waals surface area contributed by atoms with Crippen LogP contribution in [-0.2, 0) is 25.9 Å². The monoisotopic (exact) mass is 368 g/mol. The number of aromatic nitrogens is 1. The molecule has 4 heteroatoms. The van der Waals surface area contributed by atoms with Gasteiger partial charge in [0.25, 0.3) is 0 Å². The van der Waals surface area contributed by atoms with Gasteiger partial charge in [0.2, 0.25) is 0 Å². The summed E-state index contributed by atoms with van der Waals surface area (Å²) in [5, 5.41) is 1.08. The summed E-state index contributed by atoms with van der Waals surface area (Å²) in [7, 11) is 0. The minimum absolute atomic E-state index is 0.153. The van der Waals surface area contributed by atoms with Crippen LogP contribution in [-0.4, -0.2) is 22.1 Å². The molecule has 2 aromatic carbocycles. The molecule has 0 fully saturated rings. The second-order valence-corrected chi connectivity index (χ2v) is 7.66. The maximum absolute atomic E-state index is 14.9. The molecule has 0 amide bonds. The topological polar surface area (TPSA) is 8.17 Å². The van der Waals surface area contributed by atoms with Gasteiger partial charge in [0.05, 0.1) is 5.52 Å². The molecule has 0 spiro atoms. The maximum Gasteiger partial charge on any atom is 0.147 e. The lowest BCUT2D eigenvalue weighted by Gasteiger charge is -2.33. The van der Waals surface area contributed by atoms with Crippen molar-refractivity contribution in [2.24, 2.45) is 0 Å². The van der Waals surface area contributed by atoms with Crippen molar-refractivity contribution in [3.8, 4) is 0 Å². The molecule has 3 aromatic rings. The molecule has 1 aromatic heterocycles. The predicted octanol–water partition coefficient (Wildman–Crippen LogP) is 5.24. The number of likely N-dealkylation sites (N-methyl/N-ethyl adjacent to an activating group) is 1. The number of fused-ring (bicyclic) bond motifs is 3. The maximum atomic E-state index is 14.9. The number of hydrogen-bond donors (Lipinski definition) is 0. The minimum atomic E-state index is -0.224. The molecule has 0 N–H and O–H groups in total. The third-order valence-corrected chi connectivity index (χ3v) is 6.00.